The fourth-order valence-electron chi connectivity index (χ4n) is 1.38. The Labute approximate surface area is 113 Å². The summed E-state index contributed by atoms with van der Waals surface area (Å²) in [6.45, 7) is 0. The molecule has 0 aliphatic rings. The van der Waals surface area contributed by atoms with Crippen LogP contribution in [0.4, 0.5) is 5.69 Å². The minimum absolute atomic E-state index is 0.0171. The Balaban J connectivity index is 2.27. The summed E-state index contributed by atoms with van der Waals surface area (Å²) in [6.07, 6.45) is 1.45. The van der Waals surface area contributed by atoms with Crippen molar-refractivity contribution < 1.29 is 4.79 Å². The molecule has 0 unspecified atom stereocenters. The summed E-state index contributed by atoms with van der Waals surface area (Å²) in [5, 5.41) is 3.32. The maximum Gasteiger partial charge on any atom is 0.261 e. The molecule has 6 heteroatoms. The van der Waals surface area contributed by atoms with Crippen LogP contribution in [-0.2, 0) is 0 Å². The third kappa shape index (κ3) is 2.72. The summed E-state index contributed by atoms with van der Waals surface area (Å²) in [7, 11) is 0. The van der Waals surface area contributed by atoms with Gasteiger partial charge in [0.15, 0.2) is 0 Å². The second-order valence-electron chi connectivity index (χ2n) is 3.49. The third-order valence-corrected chi connectivity index (χ3v) is 2.79. The van der Waals surface area contributed by atoms with Gasteiger partial charge in [0.05, 0.1) is 10.7 Å². The highest BCUT2D eigenvalue weighted by Crippen LogP contribution is 2.25. The number of carbonyl (C=O) groups excluding carboxylic acids is 1. The minimum Gasteiger partial charge on any atom is -0.328 e. The fraction of sp³-hybridized carbons (Fsp3) is 0. The predicted octanol–water partition coefficient (Wildman–Crippen LogP) is 2.93. The molecule has 0 spiro atoms. The number of hydrogen-bond donors (Lipinski definition) is 2. The molecule has 1 aromatic carbocycles. The smallest absolute Gasteiger partial charge is 0.261 e. The number of nitrogens with one attached hydrogen (secondary N) is 2. The van der Waals surface area contributed by atoms with Gasteiger partial charge in [0, 0.05) is 11.2 Å². The van der Waals surface area contributed by atoms with Gasteiger partial charge >= 0.3 is 0 Å². The van der Waals surface area contributed by atoms with Crippen LogP contribution in [0.15, 0.2) is 41.3 Å². The number of hydrogen-bond acceptors (Lipinski definition) is 2. The van der Waals surface area contributed by atoms with Gasteiger partial charge in [-0.25, -0.2) is 0 Å². The van der Waals surface area contributed by atoms with Gasteiger partial charge in [-0.15, -0.1) is 0 Å². The zero-order chi connectivity index (χ0) is 13.1. The standard InChI is InChI=1S/C12H8Cl2N2O2/c13-7-3-4-10(9(14)6-7)16-12(18)8-2-1-5-15-11(8)17/h1-6H,(H,15,17)(H,16,18). The minimum atomic E-state index is -0.527. The number of halogens is 2. The van der Waals surface area contributed by atoms with E-state index < -0.39 is 11.5 Å². The summed E-state index contributed by atoms with van der Waals surface area (Å²) >= 11 is 11.7. The molecule has 2 rings (SSSR count). The summed E-state index contributed by atoms with van der Waals surface area (Å²) in [5.41, 5.74) is -0.0436. The van der Waals surface area contributed by atoms with Gasteiger partial charge in [0.1, 0.15) is 5.56 Å². The molecule has 92 valence electrons. The molecule has 0 atom stereocenters. The van der Waals surface area contributed by atoms with Crippen molar-refractivity contribution in [1.29, 1.82) is 0 Å². The van der Waals surface area contributed by atoms with Crippen molar-refractivity contribution >= 4 is 34.8 Å². The molecule has 0 radical (unpaired) electrons. The molecule has 0 fully saturated rings. The second kappa shape index (κ2) is 5.25. The van der Waals surface area contributed by atoms with Crippen molar-refractivity contribution in [2.45, 2.75) is 0 Å². The van der Waals surface area contributed by atoms with Crippen LogP contribution in [0.3, 0.4) is 0 Å². The predicted molar refractivity (Wildman–Crippen MR) is 71.5 cm³/mol. The Kier molecular flexibility index (Phi) is 3.69. The lowest BCUT2D eigenvalue weighted by Gasteiger charge is -2.06. The number of carbonyl (C=O) groups is 1. The van der Waals surface area contributed by atoms with Crippen LogP contribution < -0.4 is 10.9 Å². The monoisotopic (exact) mass is 282 g/mol. The lowest BCUT2D eigenvalue weighted by atomic mass is 10.2. The highest BCUT2D eigenvalue weighted by atomic mass is 35.5. The zero-order valence-electron chi connectivity index (χ0n) is 9.04. The molecule has 2 N–H and O–H groups in total. The quantitative estimate of drug-likeness (QED) is 0.890. The number of anilines is 1. The molecule has 1 heterocycles. The topological polar surface area (TPSA) is 62.0 Å². The first-order valence-electron chi connectivity index (χ1n) is 5.02. The molecule has 0 saturated heterocycles. The van der Waals surface area contributed by atoms with Crippen LogP contribution >= 0.6 is 23.2 Å². The maximum absolute atomic E-state index is 11.8. The molecule has 0 saturated carbocycles. The Morgan fingerprint density at radius 3 is 2.67 bits per heavy atom. The highest BCUT2D eigenvalue weighted by Gasteiger charge is 2.11. The summed E-state index contributed by atoms with van der Waals surface area (Å²) in [5.74, 6) is -0.527. The average Bonchev–Trinajstić information content (AvgIpc) is 2.33. The van der Waals surface area contributed by atoms with Crippen molar-refractivity contribution in [2.24, 2.45) is 0 Å². The van der Waals surface area contributed by atoms with Crippen LogP contribution in [0, 0.1) is 0 Å². The van der Waals surface area contributed by atoms with E-state index in [1.54, 1.807) is 18.2 Å². The van der Waals surface area contributed by atoms with E-state index in [-0.39, 0.29) is 5.56 Å². The van der Waals surface area contributed by atoms with Crippen molar-refractivity contribution in [1.82, 2.24) is 4.98 Å². The Morgan fingerprint density at radius 1 is 1.22 bits per heavy atom. The van der Waals surface area contributed by atoms with Gasteiger partial charge in [0.2, 0.25) is 0 Å². The van der Waals surface area contributed by atoms with Crippen LogP contribution in [0.5, 0.6) is 0 Å². The summed E-state index contributed by atoms with van der Waals surface area (Å²) < 4.78 is 0. The first-order chi connectivity index (χ1) is 8.58. The van der Waals surface area contributed by atoms with Crippen LogP contribution in [0.2, 0.25) is 10.0 Å². The number of aromatic amines is 1. The van der Waals surface area contributed by atoms with Gasteiger partial charge < -0.3 is 10.3 Å². The number of amides is 1. The van der Waals surface area contributed by atoms with E-state index in [1.807, 2.05) is 0 Å². The van der Waals surface area contributed by atoms with E-state index in [1.165, 1.54) is 18.3 Å². The number of benzene rings is 1. The largest absolute Gasteiger partial charge is 0.328 e. The summed E-state index contributed by atoms with van der Waals surface area (Å²) in [4.78, 5) is 25.7. The number of H-pyrrole nitrogens is 1. The summed E-state index contributed by atoms with van der Waals surface area (Å²) in [6, 6.07) is 7.67. The second-order valence-corrected chi connectivity index (χ2v) is 4.33. The lowest BCUT2D eigenvalue weighted by molar-refractivity contribution is 0.102. The molecule has 0 aliphatic carbocycles. The first kappa shape index (κ1) is 12.7. The van der Waals surface area contributed by atoms with E-state index in [0.29, 0.717) is 15.7 Å². The van der Waals surface area contributed by atoms with Crippen LogP contribution in [-0.4, -0.2) is 10.9 Å². The zero-order valence-corrected chi connectivity index (χ0v) is 10.5. The van der Waals surface area contributed by atoms with Crippen molar-refractivity contribution in [3.8, 4) is 0 Å². The van der Waals surface area contributed by atoms with Crippen LogP contribution in [0.1, 0.15) is 10.4 Å². The molecule has 18 heavy (non-hydrogen) atoms. The molecule has 1 amide bonds. The van der Waals surface area contributed by atoms with E-state index in [2.05, 4.69) is 10.3 Å². The van der Waals surface area contributed by atoms with E-state index in [4.69, 9.17) is 23.2 Å². The van der Waals surface area contributed by atoms with Gasteiger partial charge in [0.25, 0.3) is 11.5 Å². The van der Waals surface area contributed by atoms with E-state index in [9.17, 15) is 9.59 Å². The molecule has 4 nitrogen and oxygen atoms in total. The number of pyridine rings is 1. The lowest BCUT2D eigenvalue weighted by Crippen LogP contribution is -2.22. The molecule has 2 aromatic rings. The molecular formula is C12H8Cl2N2O2. The molecule has 0 aliphatic heterocycles. The van der Waals surface area contributed by atoms with Crippen molar-refractivity contribution in [3.05, 3.63) is 62.5 Å². The Morgan fingerprint density at radius 2 is 2.00 bits per heavy atom. The van der Waals surface area contributed by atoms with Crippen molar-refractivity contribution in [2.75, 3.05) is 5.32 Å². The molecule has 1 aromatic heterocycles. The highest BCUT2D eigenvalue weighted by molar-refractivity contribution is 6.36. The van der Waals surface area contributed by atoms with Gasteiger partial charge in [-0.2, -0.15) is 0 Å². The fourth-order valence-corrected chi connectivity index (χ4v) is 1.84. The number of rotatable bonds is 2. The molecular weight excluding hydrogens is 275 g/mol. The van der Waals surface area contributed by atoms with Crippen LogP contribution in [0.25, 0.3) is 0 Å². The normalized spacial score (nSPS) is 10.1. The van der Waals surface area contributed by atoms with E-state index in [0.717, 1.165) is 0 Å². The Bertz CT molecular complexity index is 653. The maximum atomic E-state index is 11.8. The molecule has 0 bridgehead atoms. The number of aromatic nitrogens is 1. The van der Waals surface area contributed by atoms with Gasteiger partial charge in [-0.05, 0) is 30.3 Å². The van der Waals surface area contributed by atoms with Gasteiger partial charge in [-0.1, -0.05) is 23.2 Å². The average molecular weight is 283 g/mol. The van der Waals surface area contributed by atoms with Crippen molar-refractivity contribution in [3.63, 3.8) is 0 Å². The first-order valence-corrected chi connectivity index (χ1v) is 5.77. The van der Waals surface area contributed by atoms with E-state index >= 15 is 0 Å². The Hall–Kier alpha value is -1.78. The SMILES string of the molecule is O=C(Nc1ccc(Cl)cc1Cl)c1ccc[nH]c1=O. The third-order valence-electron chi connectivity index (χ3n) is 2.24. The van der Waals surface area contributed by atoms with Gasteiger partial charge in [-0.3, -0.25) is 9.59 Å².